The van der Waals surface area contributed by atoms with Crippen LogP contribution in [0.5, 0.6) is 0 Å². The van der Waals surface area contributed by atoms with Crippen LogP contribution in [0.15, 0.2) is 24.3 Å². The van der Waals surface area contributed by atoms with Gasteiger partial charge in [0.1, 0.15) is 0 Å². The fourth-order valence-corrected chi connectivity index (χ4v) is 1.83. The minimum Gasteiger partial charge on any atom is -0.171 e. The summed E-state index contributed by atoms with van der Waals surface area (Å²) in [7, 11) is 0. The normalized spacial score (nSPS) is 26.3. The summed E-state index contributed by atoms with van der Waals surface area (Å²) in [6.45, 7) is 1.90. The monoisotopic (exact) mass is 200 g/mol. The van der Waals surface area contributed by atoms with Gasteiger partial charge in [-0.2, -0.15) is 13.2 Å². The molecule has 2 unspecified atom stereocenters. The van der Waals surface area contributed by atoms with Crippen molar-refractivity contribution in [3.05, 3.63) is 35.4 Å². The van der Waals surface area contributed by atoms with E-state index in [0.717, 1.165) is 11.1 Å². The van der Waals surface area contributed by atoms with E-state index in [2.05, 4.69) is 0 Å². The van der Waals surface area contributed by atoms with Crippen LogP contribution in [-0.4, -0.2) is 6.18 Å². The summed E-state index contributed by atoms with van der Waals surface area (Å²) in [4.78, 5) is 0. The van der Waals surface area contributed by atoms with Crippen molar-refractivity contribution < 1.29 is 13.2 Å². The third-order valence-electron chi connectivity index (χ3n) is 2.68. The average molecular weight is 200 g/mol. The van der Waals surface area contributed by atoms with E-state index in [4.69, 9.17) is 0 Å². The second kappa shape index (κ2) is 3.01. The molecule has 0 heterocycles. The molecule has 2 atom stereocenters. The van der Waals surface area contributed by atoms with Gasteiger partial charge in [0.2, 0.25) is 0 Å². The largest absolute Gasteiger partial charge is 0.392 e. The van der Waals surface area contributed by atoms with Crippen molar-refractivity contribution in [2.45, 2.75) is 25.4 Å². The Balaban J connectivity index is 2.14. The van der Waals surface area contributed by atoms with Gasteiger partial charge in [-0.1, -0.05) is 29.8 Å². The molecular weight excluding hydrogens is 189 g/mol. The summed E-state index contributed by atoms with van der Waals surface area (Å²) in [6.07, 6.45) is -3.76. The van der Waals surface area contributed by atoms with Crippen molar-refractivity contribution in [3.8, 4) is 0 Å². The number of hydrogen-bond acceptors (Lipinski definition) is 0. The highest BCUT2D eigenvalue weighted by Crippen LogP contribution is 2.56. The number of hydrogen-bond donors (Lipinski definition) is 0. The van der Waals surface area contributed by atoms with E-state index in [-0.39, 0.29) is 12.3 Å². The quantitative estimate of drug-likeness (QED) is 0.649. The van der Waals surface area contributed by atoms with E-state index in [9.17, 15) is 13.2 Å². The third kappa shape index (κ3) is 1.76. The first kappa shape index (κ1) is 9.56. The van der Waals surface area contributed by atoms with Gasteiger partial charge >= 0.3 is 6.18 Å². The predicted molar refractivity (Wildman–Crippen MR) is 48.1 cm³/mol. The molecule has 0 aromatic heterocycles. The molecule has 0 bridgehead atoms. The number of halogens is 3. The maximum absolute atomic E-state index is 12.3. The van der Waals surface area contributed by atoms with E-state index in [1.165, 1.54) is 0 Å². The molecule has 0 spiro atoms. The van der Waals surface area contributed by atoms with Gasteiger partial charge in [-0.15, -0.1) is 0 Å². The molecule has 76 valence electrons. The third-order valence-corrected chi connectivity index (χ3v) is 2.68. The zero-order valence-corrected chi connectivity index (χ0v) is 7.81. The Labute approximate surface area is 80.7 Å². The zero-order chi connectivity index (χ0) is 10.3. The highest BCUT2D eigenvalue weighted by Gasteiger charge is 2.55. The lowest BCUT2D eigenvalue weighted by molar-refractivity contribution is -0.148. The van der Waals surface area contributed by atoms with Gasteiger partial charge in [0, 0.05) is 0 Å². The maximum Gasteiger partial charge on any atom is 0.392 e. The Bertz CT molecular complexity index is 341. The van der Waals surface area contributed by atoms with Gasteiger partial charge in [0.25, 0.3) is 0 Å². The van der Waals surface area contributed by atoms with Crippen LogP contribution in [-0.2, 0) is 0 Å². The summed E-state index contributed by atoms with van der Waals surface area (Å²) < 4.78 is 36.8. The second-order valence-corrected chi connectivity index (χ2v) is 3.90. The highest BCUT2D eigenvalue weighted by molar-refractivity contribution is 5.30. The standard InChI is InChI=1S/C11H11F3/c1-7-3-2-4-8(5-7)9-6-10(9)11(12,13)14/h2-5,9-10H,6H2,1H3. The molecule has 1 aliphatic rings. The molecule has 0 N–H and O–H groups in total. The molecule has 2 rings (SSSR count). The number of benzene rings is 1. The molecular formula is C11H11F3. The van der Waals surface area contributed by atoms with Gasteiger partial charge < -0.3 is 0 Å². The van der Waals surface area contributed by atoms with E-state index < -0.39 is 12.1 Å². The molecule has 0 aliphatic heterocycles. The lowest BCUT2D eigenvalue weighted by Gasteiger charge is -2.05. The molecule has 1 aliphatic carbocycles. The maximum atomic E-state index is 12.3. The smallest absolute Gasteiger partial charge is 0.171 e. The first-order valence-corrected chi connectivity index (χ1v) is 4.62. The minimum absolute atomic E-state index is 0.257. The van der Waals surface area contributed by atoms with Gasteiger partial charge in [0.15, 0.2) is 0 Å². The van der Waals surface area contributed by atoms with Crippen LogP contribution in [0.1, 0.15) is 23.5 Å². The van der Waals surface area contributed by atoms with Crippen LogP contribution in [0, 0.1) is 12.8 Å². The van der Waals surface area contributed by atoms with Crippen molar-refractivity contribution in [3.63, 3.8) is 0 Å². The molecule has 0 nitrogen and oxygen atoms in total. The Morgan fingerprint density at radius 3 is 2.50 bits per heavy atom. The lowest BCUT2D eigenvalue weighted by Crippen LogP contribution is -2.11. The molecule has 3 heteroatoms. The van der Waals surface area contributed by atoms with Gasteiger partial charge in [0.05, 0.1) is 5.92 Å². The highest BCUT2D eigenvalue weighted by atomic mass is 19.4. The van der Waals surface area contributed by atoms with E-state index in [0.29, 0.717) is 0 Å². The van der Waals surface area contributed by atoms with Gasteiger partial charge in [-0.05, 0) is 24.8 Å². The zero-order valence-electron chi connectivity index (χ0n) is 7.81. The lowest BCUT2D eigenvalue weighted by atomic mass is 10.1. The van der Waals surface area contributed by atoms with Crippen molar-refractivity contribution >= 4 is 0 Å². The van der Waals surface area contributed by atoms with Crippen molar-refractivity contribution in [2.75, 3.05) is 0 Å². The predicted octanol–water partition coefficient (Wildman–Crippen LogP) is 3.66. The fourth-order valence-electron chi connectivity index (χ4n) is 1.83. The van der Waals surface area contributed by atoms with Crippen LogP contribution in [0.4, 0.5) is 13.2 Å². The molecule has 1 saturated carbocycles. The number of rotatable bonds is 1. The molecule has 0 saturated heterocycles. The Kier molecular flexibility index (Phi) is 2.05. The van der Waals surface area contributed by atoms with Crippen molar-refractivity contribution in [1.29, 1.82) is 0 Å². The van der Waals surface area contributed by atoms with Crippen molar-refractivity contribution in [2.24, 2.45) is 5.92 Å². The number of aryl methyl sites for hydroxylation is 1. The summed E-state index contributed by atoms with van der Waals surface area (Å²) >= 11 is 0. The molecule has 1 aromatic rings. The topological polar surface area (TPSA) is 0 Å². The minimum atomic E-state index is -4.02. The van der Waals surface area contributed by atoms with Crippen molar-refractivity contribution in [1.82, 2.24) is 0 Å². The van der Waals surface area contributed by atoms with E-state index in [1.807, 2.05) is 25.1 Å². The van der Waals surface area contributed by atoms with Crippen LogP contribution in [0.25, 0.3) is 0 Å². The molecule has 0 amide bonds. The van der Waals surface area contributed by atoms with E-state index >= 15 is 0 Å². The van der Waals surface area contributed by atoms with Crippen LogP contribution in [0.2, 0.25) is 0 Å². The van der Waals surface area contributed by atoms with E-state index in [1.54, 1.807) is 6.07 Å². The number of alkyl halides is 3. The molecule has 0 radical (unpaired) electrons. The summed E-state index contributed by atoms with van der Waals surface area (Å²) in [5.74, 6) is -1.40. The Morgan fingerprint density at radius 1 is 1.29 bits per heavy atom. The average Bonchev–Trinajstić information content (AvgIpc) is 2.81. The summed E-state index contributed by atoms with van der Waals surface area (Å²) in [6, 6.07) is 7.34. The fraction of sp³-hybridized carbons (Fsp3) is 0.455. The first-order valence-electron chi connectivity index (χ1n) is 4.62. The van der Waals surface area contributed by atoms with Gasteiger partial charge in [-0.25, -0.2) is 0 Å². The second-order valence-electron chi connectivity index (χ2n) is 3.90. The molecule has 1 aromatic carbocycles. The van der Waals surface area contributed by atoms with Gasteiger partial charge in [-0.3, -0.25) is 0 Å². The Hall–Kier alpha value is -0.990. The first-order chi connectivity index (χ1) is 6.48. The summed E-state index contributed by atoms with van der Waals surface area (Å²) in [5, 5.41) is 0. The molecule has 1 fully saturated rings. The van der Waals surface area contributed by atoms with Crippen LogP contribution in [0.3, 0.4) is 0 Å². The SMILES string of the molecule is Cc1cccc(C2CC2C(F)(F)F)c1. The molecule has 14 heavy (non-hydrogen) atoms. The Morgan fingerprint density at radius 2 is 2.00 bits per heavy atom. The van der Waals surface area contributed by atoms with Crippen LogP contribution >= 0.6 is 0 Å². The summed E-state index contributed by atoms with van der Waals surface area (Å²) in [5.41, 5.74) is 1.85. The van der Waals surface area contributed by atoms with Crippen LogP contribution < -0.4 is 0 Å².